The zero-order chi connectivity index (χ0) is 22.6. The van der Waals surface area contributed by atoms with Crippen LogP contribution in [-0.2, 0) is 21.4 Å². The van der Waals surface area contributed by atoms with Gasteiger partial charge in [-0.05, 0) is 60.2 Å². The highest BCUT2D eigenvalue weighted by Crippen LogP contribution is 2.26. The molecule has 3 rings (SSSR count). The van der Waals surface area contributed by atoms with Gasteiger partial charge in [0.2, 0.25) is 15.9 Å². The van der Waals surface area contributed by atoms with Crippen LogP contribution in [-0.4, -0.2) is 25.2 Å². The maximum absolute atomic E-state index is 13.3. The van der Waals surface area contributed by atoms with E-state index in [-0.39, 0.29) is 16.5 Å². The highest BCUT2D eigenvalue weighted by Gasteiger charge is 2.27. The third-order valence-corrected chi connectivity index (χ3v) is 7.25. The van der Waals surface area contributed by atoms with Crippen molar-refractivity contribution in [2.75, 3.05) is 11.9 Å². The first-order valence-corrected chi connectivity index (χ1v) is 11.9. The van der Waals surface area contributed by atoms with E-state index in [1.165, 1.54) is 24.3 Å². The molecule has 0 unspecified atom stereocenters. The van der Waals surface area contributed by atoms with Crippen LogP contribution in [0.3, 0.4) is 0 Å². The van der Waals surface area contributed by atoms with Crippen molar-refractivity contribution in [3.8, 4) is 0 Å². The molecule has 0 aromatic heterocycles. The molecule has 0 spiro atoms. The number of hydrogen-bond acceptors (Lipinski definition) is 3. The van der Waals surface area contributed by atoms with Crippen molar-refractivity contribution in [2.45, 2.75) is 11.4 Å². The number of rotatable bonds is 7. The van der Waals surface area contributed by atoms with Crippen LogP contribution in [0.5, 0.6) is 0 Å². The first-order valence-electron chi connectivity index (χ1n) is 8.90. The fourth-order valence-electron chi connectivity index (χ4n) is 2.75. The van der Waals surface area contributed by atoms with Crippen LogP contribution in [0.25, 0.3) is 0 Å². The molecule has 0 aliphatic carbocycles. The number of carbonyl (C=O) groups excluding carboxylic acids is 1. The molecule has 10 heteroatoms. The Morgan fingerprint density at radius 1 is 0.839 bits per heavy atom. The summed E-state index contributed by atoms with van der Waals surface area (Å²) < 4.78 is 27.6. The summed E-state index contributed by atoms with van der Waals surface area (Å²) >= 11 is 23.8. The molecule has 162 valence electrons. The van der Waals surface area contributed by atoms with Gasteiger partial charge >= 0.3 is 0 Å². The quantitative estimate of drug-likeness (QED) is 0.410. The van der Waals surface area contributed by atoms with E-state index in [1.807, 2.05) is 0 Å². The van der Waals surface area contributed by atoms with Crippen LogP contribution in [0.4, 0.5) is 5.69 Å². The molecule has 3 aromatic carbocycles. The molecule has 0 saturated carbocycles. The highest BCUT2D eigenvalue weighted by atomic mass is 35.5. The lowest BCUT2D eigenvalue weighted by atomic mass is 10.2. The van der Waals surface area contributed by atoms with Crippen molar-refractivity contribution in [3.05, 3.63) is 92.4 Å². The Morgan fingerprint density at radius 3 is 2.19 bits per heavy atom. The zero-order valence-corrected chi connectivity index (χ0v) is 19.7. The molecule has 31 heavy (non-hydrogen) atoms. The average molecular weight is 518 g/mol. The van der Waals surface area contributed by atoms with Gasteiger partial charge in [-0.15, -0.1) is 0 Å². The lowest BCUT2D eigenvalue weighted by Gasteiger charge is -2.22. The number of benzene rings is 3. The minimum atomic E-state index is -4.02. The van der Waals surface area contributed by atoms with Crippen molar-refractivity contribution in [1.29, 1.82) is 0 Å². The molecule has 0 fully saturated rings. The number of nitrogens with zero attached hydrogens (tertiary/aromatic N) is 1. The molecule has 0 aliphatic heterocycles. The van der Waals surface area contributed by atoms with Gasteiger partial charge in [-0.25, -0.2) is 8.42 Å². The van der Waals surface area contributed by atoms with E-state index in [0.717, 1.165) is 4.31 Å². The normalized spacial score (nSPS) is 11.5. The summed E-state index contributed by atoms with van der Waals surface area (Å²) in [4.78, 5) is 12.7. The number of anilines is 1. The lowest BCUT2D eigenvalue weighted by Crippen LogP contribution is -2.37. The summed E-state index contributed by atoms with van der Waals surface area (Å²) in [6.07, 6.45) is 0. The maximum atomic E-state index is 13.3. The van der Waals surface area contributed by atoms with Crippen LogP contribution in [0.2, 0.25) is 20.1 Å². The van der Waals surface area contributed by atoms with Gasteiger partial charge in [-0.1, -0.05) is 58.5 Å². The number of sulfonamides is 1. The van der Waals surface area contributed by atoms with E-state index in [2.05, 4.69) is 5.32 Å². The summed E-state index contributed by atoms with van der Waals surface area (Å²) in [6.45, 7) is -0.525. The van der Waals surface area contributed by atoms with E-state index in [9.17, 15) is 13.2 Å². The summed E-state index contributed by atoms with van der Waals surface area (Å²) in [7, 11) is -4.02. The van der Waals surface area contributed by atoms with Crippen molar-refractivity contribution >= 4 is 68.0 Å². The molecule has 0 bridgehead atoms. The van der Waals surface area contributed by atoms with Crippen LogP contribution in [0.15, 0.2) is 71.6 Å². The van der Waals surface area contributed by atoms with E-state index < -0.39 is 22.5 Å². The highest BCUT2D eigenvalue weighted by molar-refractivity contribution is 7.89. The van der Waals surface area contributed by atoms with E-state index in [4.69, 9.17) is 46.4 Å². The Kier molecular flexibility index (Phi) is 7.86. The van der Waals surface area contributed by atoms with Gasteiger partial charge in [-0.2, -0.15) is 4.31 Å². The van der Waals surface area contributed by atoms with Crippen LogP contribution in [0, 0.1) is 0 Å². The van der Waals surface area contributed by atoms with Crippen LogP contribution in [0.1, 0.15) is 5.56 Å². The molecule has 0 aliphatic rings. The number of carbonyl (C=O) groups is 1. The fourth-order valence-corrected chi connectivity index (χ4v) is 4.77. The fraction of sp³-hybridized carbons (Fsp3) is 0.0952. The minimum absolute atomic E-state index is 0.00696. The topological polar surface area (TPSA) is 66.5 Å². The Balaban J connectivity index is 1.90. The number of hydrogen-bond donors (Lipinski definition) is 1. The first kappa shape index (κ1) is 23.9. The molecule has 0 heterocycles. The molecule has 0 saturated heterocycles. The molecule has 5 nitrogen and oxygen atoms in total. The number of halogens is 4. The minimum Gasteiger partial charge on any atom is -0.325 e. The summed E-state index contributed by atoms with van der Waals surface area (Å²) in [5.41, 5.74) is 1.03. The largest absolute Gasteiger partial charge is 0.325 e. The van der Waals surface area contributed by atoms with E-state index in [1.54, 1.807) is 42.5 Å². The monoisotopic (exact) mass is 516 g/mol. The number of amides is 1. The van der Waals surface area contributed by atoms with Gasteiger partial charge in [-0.3, -0.25) is 4.79 Å². The SMILES string of the molecule is O=C(CN(Cc1ccc(Cl)c(Cl)c1)S(=O)(=O)c1ccc(Cl)cc1)Nc1cccc(Cl)c1. The smallest absolute Gasteiger partial charge is 0.243 e. The van der Waals surface area contributed by atoms with Gasteiger partial charge < -0.3 is 5.32 Å². The van der Waals surface area contributed by atoms with Crippen LogP contribution >= 0.6 is 46.4 Å². The summed E-state index contributed by atoms with van der Waals surface area (Å²) in [6, 6.07) is 17.0. The predicted octanol–water partition coefficient (Wildman–Crippen LogP) is 6.13. The van der Waals surface area contributed by atoms with Crippen molar-refractivity contribution in [2.24, 2.45) is 0 Å². The average Bonchev–Trinajstić information content (AvgIpc) is 2.70. The van der Waals surface area contributed by atoms with Gasteiger partial charge in [0.05, 0.1) is 21.5 Å². The van der Waals surface area contributed by atoms with E-state index in [0.29, 0.717) is 26.3 Å². The maximum Gasteiger partial charge on any atom is 0.243 e. The van der Waals surface area contributed by atoms with Crippen molar-refractivity contribution in [1.82, 2.24) is 4.31 Å². The Hall–Kier alpha value is -1.80. The molecular weight excluding hydrogens is 502 g/mol. The number of nitrogens with one attached hydrogen (secondary N) is 1. The molecule has 1 N–H and O–H groups in total. The first-order chi connectivity index (χ1) is 14.6. The standard InChI is InChI=1S/C21H16Cl4N2O3S/c22-15-5-7-18(8-6-15)31(29,30)27(12-14-4-9-19(24)20(25)10-14)13-21(28)26-17-3-1-2-16(23)11-17/h1-11H,12-13H2,(H,26,28). The second kappa shape index (κ2) is 10.2. The Labute approximate surface area is 200 Å². The third kappa shape index (κ3) is 6.35. The second-order valence-electron chi connectivity index (χ2n) is 6.53. The lowest BCUT2D eigenvalue weighted by molar-refractivity contribution is -0.116. The van der Waals surface area contributed by atoms with Gasteiger partial charge in [0.25, 0.3) is 0 Å². The van der Waals surface area contributed by atoms with Crippen molar-refractivity contribution in [3.63, 3.8) is 0 Å². The Bertz CT molecular complexity index is 1200. The van der Waals surface area contributed by atoms with Crippen LogP contribution < -0.4 is 5.32 Å². The van der Waals surface area contributed by atoms with Crippen molar-refractivity contribution < 1.29 is 13.2 Å². The van der Waals surface area contributed by atoms with E-state index >= 15 is 0 Å². The molecular formula is C21H16Cl4N2O3S. The molecule has 0 radical (unpaired) electrons. The van der Waals surface area contributed by atoms with Gasteiger partial charge in [0.1, 0.15) is 0 Å². The predicted molar refractivity (Wildman–Crippen MR) is 126 cm³/mol. The molecule has 1 amide bonds. The van der Waals surface area contributed by atoms with Gasteiger partial charge in [0.15, 0.2) is 0 Å². The molecule has 0 atom stereocenters. The third-order valence-electron chi connectivity index (χ3n) is 4.22. The second-order valence-corrected chi connectivity index (χ2v) is 10.2. The zero-order valence-electron chi connectivity index (χ0n) is 15.9. The Morgan fingerprint density at radius 2 is 1.55 bits per heavy atom. The molecule has 3 aromatic rings. The summed E-state index contributed by atoms with van der Waals surface area (Å²) in [5.74, 6) is -0.528. The van der Waals surface area contributed by atoms with Gasteiger partial charge in [0, 0.05) is 22.3 Å². The summed E-state index contributed by atoms with van der Waals surface area (Å²) in [5, 5.41) is 4.12.